The highest BCUT2D eigenvalue weighted by molar-refractivity contribution is 5.84. The standard InChI is InChI=1S/C23H33N3O3/c1-16(2)20-13-23(28)26(14-17-6-7-17)21-12-18(8-9-19(20)21)29-15-22(27)24-10-5-11-25(3)4/h8-9,12-13,16-17H,5-7,10-11,14-15H2,1-4H3,(H,24,27). The zero-order chi connectivity index (χ0) is 21.0. The van der Waals surface area contributed by atoms with Crippen LogP contribution in [-0.4, -0.2) is 49.2 Å². The summed E-state index contributed by atoms with van der Waals surface area (Å²) in [6, 6.07) is 7.58. The Hall–Kier alpha value is -2.34. The van der Waals surface area contributed by atoms with Crippen LogP contribution in [0.3, 0.4) is 0 Å². The summed E-state index contributed by atoms with van der Waals surface area (Å²) in [6.45, 7) is 6.50. The zero-order valence-corrected chi connectivity index (χ0v) is 18.0. The molecule has 3 rings (SSSR count). The van der Waals surface area contributed by atoms with E-state index >= 15 is 0 Å². The minimum atomic E-state index is -0.129. The van der Waals surface area contributed by atoms with Gasteiger partial charge < -0.3 is 19.5 Å². The van der Waals surface area contributed by atoms with Crippen LogP contribution in [0.15, 0.2) is 29.1 Å². The molecule has 6 heteroatoms. The predicted molar refractivity (Wildman–Crippen MR) is 117 cm³/mol. The van der Waals surface area contributed by atoms with Crippen molar-refractivity contribution in [3.05, 3.63) is 40.2 Å². The maximum atomic E-state index is 12.7. The highest BCUT2D eigenvalue weighted by Crippen LogP contribution is 2.33. The molecule has 1 aromatic heterocycles. The molecule has 0 unspecified atom stereocenters. The minimum Gasteiger partial charge on any atom is -0.484 e. The molecular weight excluding hydrogens is 366 g/mol. The van der Waals surface area contributed by atoms with E-state index in [0.717, 1.165) is 36.0 Å². The largest absolute Gasteiger partial charge is 0.484 e. The molecule has 0 aliphatic heterocycles. The molecule has 6 nitrogen and oxygen atoms in total. The van der Waals surface area contributed by atoms with Crippen LogP contribution in [0.5, 0.6) is 5.75 Å². The molecule has 1 fully saturated rings. The molecule has 1 aromatic carbocycles. The van der Waals surface area contributed by atoms with Gasteiger partial charge in [-0.3, -0.25) is 9.59 Å². The van der Waals surface area contributed by atoms with Crippen molar-refractivity contribution in [1.29, 1.82) is 0 Å². The van der Waals surface area contributed by atoms with Crippen LogP contribution in [0.1, 0.15) is 44.6 Å². The molecule has 1 heterocycles. The quantitative estimate of drug-likeness (QED) is 0.624. The van der Waals surface area contributed by atoms with Crippen molar-refractivity contribution in [3.63, 3.8) is 0 Å². The van der Waals surface area contributed by atoms with E-state index < -0.39 is 0 Å². The number of hydrogen-bond donors (Lipinski definition) is 1. The Morgan fingerprint density at radius 3 is 2.69 bits per heavy atom. The summed E-state index contributed by atoms with van der Waals surface area (Å²) in [4.78, 5) is 26.9. The van der Waals surface area contributed by atoms with Crippen molar-refractivity contribution in [2.24, 2.45) is 5.92 Å². The predicted octanol–water partition coefficient (Wildman–Crippen LogP) is 2.98. The van der Waals surface area contributed by atoms with E-state index in [1.54, 1.807) is 6.07 Å². The van der Waals surface area contributed by atoms with E-state index in [1.165, 1.54) is 12.8 Å². The summed E-state index contributed by atoms with van der Waals surface area (Å²) in [6.07, 6.45) is 3.27. The van der Waals surface area contributed by atoms with Gasteiger partial charge in [-0.05, 0) is 69.4 Å². The lowest BCUT2D eigenvalue weighted by atomic mass is 9.98. The first-order chi connectivity index (χ1) is 13.8. The third kappa shape index (κ3) is 5.82. The Morgan fingerprint density at radius 1 is 1.28 bits per heavy atom. The Balaban J connectivity index is 1.74. The SMILES string of the molecule is CC(C)c1cc(=O)n(CC2CC2)c2cc(OCC(=O)NCCCN(C)C)ccc12. The molecule has 158 valence electrons. The number of pyridine rings is 1. The summed E-state index contributed by atoms with van der Waals surface area (Å²) in [5.41, 5.74) is 2.00. The number of nitrogens with one attached hydrogen (secondary N) is 1. The van der Waals surface area contributed by atoms with Crippen LogP contribution in [0.25, 0.3) is 10.9 Å². The van der Waals surface area contributed by atoms with Gasteiger partial charge in [0.25, 0.3) is 11.5 Å². The smallest absolute Gasteiger partial charge is 0.257 e. The lowest BCUT2D eigenvalue weighted by molar-refractivity contribution is -0.123. The topological polar surface area (TPSA) is 63.6 Å². The molecule has 1 N–H and O–H groups in total. The van der Waals surface area contributed by atoms with Gasteiger partial charge in [0.1, 0.15) is 5.75 Å². The minimum absolute atomic E-state index is 0.0236. The molecule has 0 saturated heterocycles. The molecule has 1 aliphatic carbocycles. The van der Waals surface area contributed by atoms with Crippen LogP contribution in [-0.2, 0) is 11.3 Å². The highest BCUT2D eigenvalue weighted by atomic mass is 16.5. The Morgan fingerprint density at radius 2 is 2.03 bits per heavy atom. The fourth-order valence-electron chi connectivity index (χ4n) is 3.52. The summed E-state index contributed by atoms with van der Waals surface area (Å²) in [7, 11) is 4.02. The maximum absolute atomic E-state index is 12.7. The molecule has 29 heavy (non-hydrogen) atoms. The van der Waals surface area contributed by atoms with Gasteiger partial charge in [-0.2, -0.15) is 0 Å². The molecule has 1 saturated carbocycles. The van der Waals surface area contributed by atoms with Gasteiger partial charge in [-0.25, -0.2) is 0 Å². The van der Waals surface area contributed by atoms with E-state index in [9.17, 15) is 9.59 Å². The number of ether oxygens (including phenoxy) is 1. The first-order valence-electron chi connectivity index (χ1n) is 10.6. The van der Waals surface area contributed by atoms with Crippen LogP contribution in [0.4, 0.5) is 0 Å². The Kier molecular flexibility index (Phi) is 6.96. The second-order valence-corrected chi connectivity index (χ2v) is 8.62. The van der Waals surface area contributed by atoms with E-state index in [0.29, 0.717) is 18.2 Å². The van der Waals surface area contributed by atoms with Crippen molar-refractivity contribution in [3.8, 4) is 5.75 Å². The Labute approximate surface area is 172 Å². The van der Waals surface area contributed by atoms with Gasteiger partial charge in [0, 0.05) is 30.6 Å². The van der Waals surface area contributed by atoms with Crippen LogP contribution < -0.4 is 15.6 Å². The number of rotatable bonds is 10. The number of hydrogen-bond acceptors (Lipinski definition) is 4. The summed E-state index contributed by atoms with van der Waals surface area (Å²) in [5.74, 6) is 1.35. The molecule has 0 bridgehead atoms. The molecule has 0 spiro atoms. The number of carbonyl (C=O) groups excluding carboxylic acids is 1. The van der Waals surface area contributed by atoms with Crippen LogP contribution in [0, 0.1) is 5.92 Å². The molecule has 1 amide bonds. The number of carbonyl (C=O) groups is 1. The van der Waals surface area contributed by atoms with Gasteiger partial charge in [0.2, 0.25) is 0 Å². The summed E-state index contributed by atoms with van der Waals surface area (Å²) < 4.78 is 7.60. The number of nitrogens with zero attached hydrogens (tertiary/aromatic N) is 2. The molecule has 2 aromatic rings. The average Bonchev–Trinajstić information content (AvgIpc) is 3.49. The zero-order valence-electron chi connectivity index (χ0n) is 18.0. The van der Waals surface area contributed by atoms with Crippen molar-refractivity contribution in [2.75, 3.05) is 33.8 Å². The highest BCUT2D eigenvalue weighted by Gasteiger charge is 2.23. The van der Waals surface area contributed by atoms with Gasteiger partial charge in [-0.15, -0.1) is 0 Å². The molecule has 0 atom stereocenters. The van der Waals surface area contributed by atoms with Crippen LogP contribution in [0.2, 0.25) is 0 Å². The van der Waals surface area contributed by atoms with Gasteiger partial charge in [-0.1, -0.05) is 13.8 Å². The lowest BCUT2D eigenvalue weighted by Gasteiger charge is -2.16. The van der Waals surface area contributed by atoms with Gasteiger partial charge in [0.15, 0.2) is 6.61 Å². The van der Waals surface area contributed by atoms with Gasteiger partial charge >= 0.3 is 0 Å². The molecular formula is C23H33N3O3. The van der Waals surface area contributed by atoms with E-state index in [1.807, 2.05) is 36.9 Å². The average molecular weight is 400 g/mol. The lowest BCUT2D eigenvalue weighted by Crippen LogP contribution is -2.31. The Bertz CT molecular complexity index is 913. The monoisotopic (exact) mass is 399 g/mol. The third-order valence-corrected chi connectivity index (χ3v) is 5.35. The number of fused-ring (bicyclic) bond motifs is 1. The van der Waals surface area contributed by atoms with Crippen LogP contribution >= 0.6 is 0 Å². The fraction of sp³-hybridized carbons (Fsp3) is 0.565. The first-order valence-corrected chi connectivity index (χ1v) is 10.6. The van der Waals surface area contributed by atoms with Gasteiger partial charge in [0.05, 0.1) is 5.52 Å². The van der Waals surface area contributed by atoms with Crippen molar-refractivity contribution in [1.82, 2.24) is 14.8 Å². The third-order valence-electron chi connectivity index (χ3n) is 5.35. The van der Waals surface area contributed by atoms with E-state index in [-0.39, 0.29) is 24.0 Å². The second-order valence-electron chi connectivity index (χ2n) is 8.62. The normalized spacial score (nSPS) is 14.0. The van der Waals surface area contributed by atoms with E-state index in [2.05, 4.69) is 24.1 Å². The second kappa shape index (κ2) is 9.44. The van der Waals surface area contributed by atoms with Crippen molar-refractivity contribution >= 4 is 16.8 Å². The van der Waals surface area contributed by atoms with Crippen molar-refractivity contribution in [2.45, 2.75) is 45.6 Å². The first kappa shape index (κ1) is 21.4. The number of aromatic nitrogens is 1. The summed E-state index contributed by atoms with van der Waals surface area (Å²) in [5, 5.41) is 3.96. The maximum Gasteiger partial charge on any atom is 0.257 e. The molecule has 0 radical (unpaired) electrons. The van der Waals surface area contributed by atoms with Crippen molar-refractivity contribution < 1.29 is 9.53 Å². The number of benzene rings is 1. The summed E-state index contributed by atoms with van der Waals surface area (Å²) >= 11 is 0. The van der Waals surface area contributed by atoms with E-state index in [4.69, 9.17) is 4.74 Å². The number of amides is 1. The molecule has 1 aliphatic rings. The fourth-order valence-corrected chi connectivity index (χ4v) is 3.52.